The van der Waals surface area contributed by atoms with E-state index in [1.807, 2.05) is 11.8 Å². The number of thioether (sulfide) groups is 1. The average Bonchev–Trinajstić information content (AvgIpc) is 2.92. The minimum Gasteiger partial charge on any atom is -0.497 e. The number of ether oxygens (including phenoxy) is 2. The van der Waals surface area contributed by atoms with Gasteiger partial charge in [0.2, 0.25) is 5.91 Å². The van der Waals surface area contributed by atoms with Crippen molar-refractivity contribution in [1.29, 1.82) is 0 Å². The van der Waals surface area contributed by atoms with Crippen molar-refractivity contribution in [3.05, 3.63) is 41.0 Å². The van der Waals surface area contributed by atoms with Crippen LogP contribution in [-0.4, -0.2) is 110 Å². The number of nitrogens with one attached hydrogen (secondary N) is 1. The Morgan fingerprint density at radius 2 is 1.92 bits per heavy atom. The number of hydrogen-bond acceptors (Lipinski definition) is 9. The van der Waals surface area contributed by atoms with Gasteiger partial charge < -0.3 is 24.6 Å². The zero-order valence-corrected chi connectivity index (χ0v) is 22.8. The van der Waals surface area contributed by atoms with Crippen LogP contribution in [0.4, 0.5) is 5.82 Å². The highest BCUT2D eigenvalue weighted by molar-refractivity contribution is 7.99. The molecular formula is C25H33ClN6O4S. The van der Waals surface area contributed by atoms with Gasteiger partial charge in [-0.3, -0.25) is 14.5 Å². The van der Waals surface area contributed by atoms with Gasteiger partial charge in [0.05, 0.1) is 26.1 Å². The summed E-state index contributed by atoms with van der Waals surface area (Å²) in [4.78, 5) is 40.5. The van der Waals surface area contributed by atoms with Crippen LogP contribution in [0.3, 0.4) is 0 Å². The lowest BCUT2D eigenvalue weighted by Gasteiger charge is -2.40. The molecule has 0 aliphatic carbocycles. The number of amides is 2. The van der Waals surface area contributed by atoms with Gasteiger partial charge in [-0.15, -0.1) is 0 Å². The summed E-state index contributed by atoms with van der Waals surface area (Å²) < 4.78 is 10.5. The van der Waals surface area contributed by atoms with Crippen LogP contribution in [-0.2, 0) is 9.53 Å². The maximum Gasteiger partial charge on any atom is 0.254 e. The number of benzene rings is 1. The van der Waals surface area contributed by atoms with E-state index in [2.05, 4.69) is 25.1 Å². The van der Waals surface area contributed by atoms with E-state index in [1.54, 1.807) is 37.4 Å². The van der Waals surface area contributed by atoms with Gasteiger partial charge in [0.25, 0.3) is 5.91 Å². The number of morpholine rings is 1. The molecule has 2 aliphatic heterocycles. The Balaban J connectivity index is 1.28. The lowest BCUT2D eigenvalue weighted by molar-refractivity contribution is -0.118. The number of hydrogen-bond donors (Lipinski definition) is 1. The van der Waals surface area contributed by atoms with Gasteiger partial charge in [-0.2, -0.15) is 0 Å². The third-order valence-electron chi connectivity index (χ3n) is 6.40. The largest absolute Gasteiger partial charge is 0.497 e. The number of anilines is 1. The molecule has 1 aromatic carbocycles. The predicted molar refractivity (Wildman–Crippen MR) is 144 cm³/mol. The number of carbonyl (C=O) groups excluding carboxylic acids is 2. The number of nitrogens with zero attached hydrogens (tertiary/aromatic N) is 5. The summed E-state index contributed by atoms with van der Waals surface area (Å²) in [6.07, 6.45) is 0. The second-order valence-electron chi connectivity index (χ2n) is 8.95. The lowest BCUT2D eigenvalue weighted by atomic mass is 10.1. The van der Waals surface area contributed by atoms with Crippen LogP contribution in [0.15, 0.2) is 35.5 Å². The normalized spacial score (nSPS) is 18.5. The van der Waals surface area contributed by atoms with Crippen LogP contribution in [0, 0.1) is 0 Å². The number of carbonyl (C=O) groups is 2. The molecule has 200 valence electrons. The van der Waals surface area contributed by atoms with E-state index in [1.165, 1.54) is 11.8 Å². The van der Waals surface area contributed by atoms with Crippen molar-refractivity contribution < 1.29 is 19.1 Å². The summed E-state index contributed by atoms with van der Waals surface area (Å²) >= 11 is 7.55. The Morgan fingerprint density at radius 1 is 1.16 bits per heavy atom. The molecule has 2 aromatic rings. The van der Waals surface area contributed by atoms with Gasteiger partial charge in [0.1, 0.15) is 16.7 Å². The minimum atomic E-state index is -0.0670. The van der Waals surface area contributed by atoms with Gasteiger partial charge in [-0.1, -0.05) is 23.4 Å². The van der Waals surface area contributed by atoms with Gasteiger partial charge in [-0.25, -0.2) is 9.97 Å². The second kappa shape index (κ2) is 13.3. The fourth-order valence-electron chi connectivity index (χ4n) is 4.34. The molecule has 3 heterocycles. The maximum atomic E-state index is 13.0. The van der Waals surface area contributed by atoms with Crippen LogP contribution in [0.2, 0.25) is 5.15 Å². The SMILES string of the molecule is COc1ccc(C(=O)N2CCN(c3cc(Cl)nc(SCC(=O)NCCN4CCOCC4)n3)CC2C)cc1. The molecule has 1 unspecified atom stereocenters. The Morgan fingerprint density at radius 3 is 2.62 bits per heavy atom. The third-order valence-corrected chi connectivity index (χ3v) is 7.44. The fourth-order valence-corrected chi connectivity index (χ4v) is 5.25. The van der Waals surface area contributed by atoms with Crippen LogP contribution in [0.5, 0.6) is 5.75 Å². The van der Waals surface area contributed by atoms with Crippen molar-refractivity contribution >= 4 is 41.0 Å². The first-order valence-electron chi connectivity index (χ1n) is 12.4. The number of rotatable bonds is 9. The van der Waals surface area contributed by atoms with Crippen molar-refractivity contribution in [2.24, 2.45) is 0 Å². The van der Waals surface area contributed by atoms with E-state index >= 15 is 0 Å². The van der Waals surface area contributed by atoms with E-state index in [9.17, 15) is 9.59 Å². The van der Waals surface area contributed by atoms with Crippen molar-refractivity contribution in [2.75, 3.05) is 76.8 Å². The minimum absolute atomic E-state index is 0.00796. The van der Waals surface area contributed by atoms with Crippen molar-refractivity contribution in [3.8, 4) is 5.75 Å². The van der Waals surface area contributed by atoms with Gasteiger partial charge in [0, 0.05) is 63.5 Å². The van der Waals surface area contributed by atoms with E-state index in [4.69, 9.17) is 21.1 Å². The molecule has 2 amide bonds. The first kappa shape index (κ1) is 27.4. The summed E-state index contributed by atoms with van der Waals surface area (Å²) in [5, 5.41) is 3.73. The van der Waals surface area contributed by atoms with Crippen molar-refractivity contribution in [2.45, 2.75) is 18.1 Å². The predicted octanol–water partition coefficient (Wildman–Crippen LogP) is 2.03. The van der Waals surface area contributed by atoms with Crippen LogP contribution in [0.25, 0.3) is 0 Å². The Hall–Kier alpha value is -2.60. The Kier molecular flexibility index (Phi) is 9.84. The summed E-state index contributed by atoms with van der Waals surface area (Å²) in [6.45, 7) is 8.48. The number of aromatic nitrogens is 2. The summed E-state index contributed by atoms with van der Waals surface area (Å²) in [5.74, 6) is 1.55. The zero-order chi connectivity index (χ0) is 26.2. The highest BCUT2D eigenvalue weighted by Gasteiger charge is 2.29. The molecule has 0 saturated carbocycles. The number of halogens is 1. The molecule has 0 spiro atoms. The summed E-state index contributed by atoms with van der Waals surface area (Å²) in [7, 11) is 1.60. The summed E-state index contributed by atoms with van der Waals surface area (Å²) in [6, 6.07) is 8.85. The first-order valence-corrected chi connectivity index (χ1v) is 13.7. The monoisotopic (exact) mass is 548 g/mol. The molecule has 12 heteroatoms. The molecule has 1 aromatic heterocycles. The number of piperazine rings is 1. The molecular weight excluding hydrogens is 516 g/mol. The zero-order valence-electron chi connectivity index (χ0n) is 21.2. The molecule has 4 rings (SSSR count). The van der Waals surface area contributed by atoms with E-state index in [0.717, 1.165) is 32.8 Å². The maximum absolute atomic E-state index is 13.0. The average molecular weight is 549 g/mol. The molecule has 2 aliphatic rings. The highest BCUT2D eigenvalue weighted by Crippen LogP contribution is 2.25. The second-order valence-corrected chi connectivity index (χ2v) is 10.3. The molecule has 0 radical (unpaired) electrons. The van der Waals surface area contributed by atoms with E-state index < -0.39 is 0 Å². The smallest absolute Gasteiger partial charge is 0.254 e. The number of methoxy groups -OCH3 is 1. The van der Waals surface area contributed by atoms with Crippen LogP contribution >= 0.6 is 23.4 Å². The first-order chi connectivity index (χ1) is 17.9. The topological polar surface area (TPSA) is 100 Å². The van der Waals surface area contributed by atoms with Gasteiger partial charge >= 0.3 is 0 Å². The van der Waals surface area contributed by atoms with Gasteiger partial charge in [0.15, 0.2) is 5.16 Å². The fraction of sp³-hybridized carbons (Fsp3) is 0.520. The Labute approximate surface area is 226 Å². The van der Waals surface area contributed by atoms with Crippen LogP contribution < -0.4 is 15.0 Å². The molecule has 2 saturated heterocycles. The molecule has 2 fully saturated rings. The Bertz CT molecular complexity index is 1070. The van der Waals surface area contributed by atoms with Crippen LogP contribution in [0.1, 0.15) is 17.3 Å². The van der Waals surface area contributed by atoms with Crippen molar-refractivity contribution in [1.82, 2.24) is 25.1 Å². The lowest BCUT2D eigenvalue weighted by Crippen LogP contribution is -2.54. The quantitative estimate of drug-likeness (QED) is 0.286. The molecule has 0 bridgehead atoms. The van der Waals surface area contributed by atoms with E-state index in [0.29, 0.717) is 53.6 Å². The van der Waals surface area contributed by atoms with E-state index in [-0.39, 0.29) is 23.6 Å². The van der Waals surface area contributed by atoms with Crippen molar-refractivity contribution in [3.63, 3.8) is 0 Å². The van der Waals surface area contributed by atoms with Gasteiger partial charge in [-0.05, 0) is 31.2 Å². The third kappa shape index (κ3) is 7.70. The molecule has 1 atom stereocenters. The highest BCUT2D eigenvalue weighted by atomic mass is 35.5. The molecule has 10 nitrogen and oxygen atoms in total. The molecule has 1 N–H and O–H groups in total. The molecule has 37 heavy (non-hydrogen) atoms. The summed E-state index contributed by atoms with van der Waals surface area (Å²) in [5.41, 5.74) is 0.632. The standard InChI is InChI=1S/C25H33ClN6O4S/c1-18-16-31(9-10-32(18)24(34)19-3-5-20(35-2)6-4-19)22-15-21(26)28-25(29-22)37-17-23(33)27-7-8-30-11-13-36-14-12-30/h3-6,15,18H,7-14,16-17H2,1-2H3,(H,27,33).